The van der Waals surface area contributed by atoms with Gasteiger partial charge in [0, 0.05) is 63.6 Å². The molecule has 1 atom stereocenters. The lowest BCUT2D eigenvalue weighted by Gasteiger charge is -2.40. The van der Waals surface area contributed by atoms with Gasteiger partial charge in [-0.2, -0.15) is 18.3 Å². The summed E-state index contributed by atoms with van der Waals surface area (Å²) in [5.74, 6) is -1.10. The Morgan fingerprint density at radius 3 is 2.49 bits per heavy atom. The minimum Gasteiger partial charge on any atom is -0.379 e. The number of hydrogen-bond acceptors (Lipinski definition) is 7. The first kappa shape index (κ1) is 29.7. The highest BCUT2D eigenvalue weighted by Crippen LogP contribution is 2.34. The minimum atomic E-state index is -4.58. The zero-order valence-corrected chi connectivity index (χ0v) is 23.8. The summed E-state index contributed by atoms with van der Waals surface area (Å²) in [7, 11) is 1.52. The van der Waals surface area contributed by atoms with Crippen LogP contribution in [0.25, 0.3) is 0 Å². The van der Waals surface area contributed by atoms with Gasteiger partial charge in [-0.3, -0.25) is 14.6 Å². The van der Waals surface area contributed by atoms with E-state index in [0.717, 1.165) is 70.4 Å². The van der Waals surface area contributed by atoms with E-state index in [4.69, 9.17) is 16.3 Å². The van der Waals surface area contributed by atoms with Gasteiger partial charge in [0.1, 0.15) is 17.7 Å². The van der Waals surface area contributed by atoms with Gasteiger partial charge in [-0.05, 0) is 50.1 Å². The Hall–Kier alpha value is -2.80. The Morgan fingerprint density at radius 1 is 1.12 bits per heavy atom. The largest absolute Gasteiger partial charge is 0.416 e. The van der Waals surface area contributed by atoms with Crippen LogP contribution in [0.15, 0.2) is 35.4 Å². The average Bonchev–Trinajstić information content (AvgIpc) is 3.37. The number of halogens is 5. The minimum absolute atomic E-state index is 0.0535. The second-order valence-electron chi connectivity index (χ2n) is 10.7. The van der Waals surface area contributed by atoms with Crippen LogP contribution in [-0.4, -0.2) is 91.5 Å². The van der Waals surface area contributed by atoms with E-state index < -0.39 is 29.5 Å². The fraction of sp³-hybridized carbons (Fsp3) is 0.536. The van der Waals surface area contributed by atoms with Gasteiger partial charge in [0.25, 0.3) is 5.91 Å². The Labute approximate surface area is 241 Å². The number of ether oxygens (including phenoxy) is 1. The quantitative estimate of drug-likeness (QED) is 0.455. The number of carbonyl (C=O) groups excluding carboxylic acids is 1. The molecule has 4 heterocycles. The van der Waals surface area contributed by atoms with Crippen LogP contribution in [0.1, 0.15) is 30.5 Å². The summed E-state index contributed by atoms with van der Waals surface area (Å²) in [5, 5.41) is 5.81. The van der Waals surface area contributed by atoms with Gasteiger partial charge < -0.3 is 9.64 Å². The van der Waals surface area contributed by atoms with Gasteiger partial charge >= 0.3 is 6.18 Å². The molecule has 5 rings (SSSR count). The summed E-state index contributed by atoms with van der Waals surface area (Å²) in [6.07, 6.45) is -2.36. The number of benzene rings is 1. The highest BCUT2D eigenvalue weighted by Gasteiger charge is 2.39. The standard InChI is InChI=1S/C28H33ClF4N6O2/c1-18-13-19(28(31,32)33)14-26(34-18)39-25(27(40)36(2)22-3-4-24(30)23(29)16-22)15-20(35-39)17-37-7-5-21(6-8-37)38-9-11-41-12-10-38/h3-4,13-14,16,21,25H,5-12,15,17H2,1-2H3. The van der Waals surface area contributed by atoms with Crippen molar-refractivity contribution in [1.29, 1.82) is 0 Å². The molecular weight excluding hydrogens is 564 g/mol. The van der Waals surface area contributed by atoms with Gasteiger partial charge in [0.2, 0.25) is 0 Å². The Kier molecular flexibility index (Phi) is 8.84. The van der Waals surface area contributed by atoms with E-state index in [-0.39, 0.29) is 23.0 Å². The van der Waals surface area contributed by atoms with Crippen molar-refractivity contribution in [3.05, 3.63) is 52.4 Å². The molecule has 0 aliphatic carbocycles. The van der Waals surface area contributed by atoms with Gasteiger partial charge in [0.15, 0.2) is 0 Å². The molecular formula is C28H33ClF4N6O2. The summed E-state index contributed by atoms with van der Waals surface area (Å²) in [5.41, 5.74) is 0.343. The van der Waals surface area contributed by atoms with Crippen molar-refractivity contribution < 1.29 is 27.1 Å². The molecule has 2 fully saturated rings. The number of carbonyl (C=O) groups is 1. The number of aromatic nitrogens is 1. The first-order valence-electron chi connectivity index (χ1n) is 13.7. The van der Waals surface area contributed by atoms with Crippen LogP contribution >= 0.6 is 11.6 Å². The predicted octanol–water partition coefficient (Wildman–Crippen LogP) is 4.60. The molecule has 0 saturated carbocycles. The van der Waals surface area contributed by atoms with Gasteiger partial charge in [-0.25, -0.2) is 14.4 Å². The van der Waals surface area contributed by atoms with Crippen LogP contribution in [0.3, 0.4) is 0 Å². The van der Waals surface area contributed by atoms with E-state index in [1.807, 2.05) is 0 Å². The maximum absolute atomic E-state index is 13.7. The van der Waals surface area contributed by atoms with Crippen molar-refractivity contribution in [3.8, 4) is 0 Å². The van der Waals surface area contributed by atoms with E-state index in [9.17, 15) is 22.4 Å². The van der Waals surface area contributed by atoms with Gasteiger partial charge in [0.05, 0.1) is 29.5 Å². The number of piperidine rings is 1. The SMILES string of the molecule is Cc1cc(C(F)(F)F)cc(N2N=C(CN3CCC(N4CCOCC4)CC3)CC2C(=O)N(C)c2ccc(F)c(Cl)c2)n1. The molecule has 0 spiro atoms. The lowest BCUT2D eigenvalue weighted by molar-refractivity contribution is -0.137. The molecule has 3 aliphatic heterocycles. The van der Waals surface area contributed by atoms with Crippen molar-refractivity contribution in [2.45, 2.75) is 44.4 Å². The molecule has 2 aromatic rings. The zero-order chi connectivity index (χ0) is 29.3. The lowest BCUT2D eigenvalue weighted by atomic mass is 10.0. The number of amides is 1. The first-order chi connectivity index (χ1) is 19.5. The number of morpholine rings is 1. The van der Waals surface area contributed by atoms with Gasteiger partial charge in [-0.15, -0.1) is 0 Å². The van der Waals surface area contributed by atoms with Crippen LogP contribution in [-0.2, 0) is 15.7 Å². The Bertz CT molecular complexity index is 1290. The van der Waals surface area contributed by atoms with Crippen LogP contribution < -0.4 is 9.91 Å². The van der Waals surface area contributed by atoms with Crippen LogP contribution in [0.5, 0.6) is 0 Å². The molecule has 13 heteroatoms. The van der Waals surface area contributed by atoms with E-state index in [1.54, 1.807) is 0 Å². The normalized spacial score (nSPS) is 21.3. The maximum Gasteiger partial charge on any atom is 0.416 e. The number of pyridine rings is 1. The number of hydrazone groups is 1. The number of anilines is 2. The molecule has 1 aromatic carbocycles. The van der Waals surface area contributed by atoms with E-state index in [1.165, 1.54) is 36.0 Å². The molecule has 1 aromatic heterocycles. The number of rotatable bonds is 6. The maximum atomic E-state index is 13.7. The smallest absolute Gasteiger partial charge is 0.379 e. The van der Waals surface area contributed by atoms with E-state index in [2.05, 4.69) is 19.9 Å². The van der Waals surface area contributed by atoms with Crippen LogP contribution in [0.2, 0.25) is 5.02 Å². The van der Waals surface area contributed by atoms with Gasteiger partial charge in [-0.1, -0.05) is 11.6 Å². The third kappa shape index (κ3) is 6.82. The van der Waals surface area contributed by atoms with Crippen molar-refractivity contribution >= 4 is 34.7 Å². The first-order valence-corrected chi connectivity index (χ1v) is 14.1. The average molecular weight is 597 g/mol. The number of nitrogens with zero attached hydrogens (tertiary/aromatic N) is 6. The lowest BCUT2D eigenvalue weighted by Crippen LogP contribution is -2.49. The molecule has 0 radical (unpaired) electrons. The van der Waals surface area contributed by atoms with Crippen molar-refractivity contribution in [3.63, 3.8) is 0 Å². The van der Waals surface area contributed by atoms with Crippen molar-refractivity contribution in [2.24, 2.45) is 5.10 Å². The number of likely N-dealkylation sites (N-methyl/N-ethyl adjacent to an activating group) is 1. The summed E-state index contributed by atoms with van der Waals surface area (Å²) >= 11 is 5.94. The summed E-state index contributed by atoms with van der Waals surface area (Å²) < 4.78 is 60.2. The molecule has 1 amide bonds. The van der Waals surface area contributed by atoms with Crippen molar-refractivity contribution in [1.82, 2.24) is 14.8 Å². The number of alkyl halides is 3. The van der Waals surface area contributed by atoms with Crippen LogP contribution in [0.4, 0.5) is 29.1 Å². The zero-order valence-electron chi connectivity index (χ0n) is 23.0. The van der Waals surface area contributed by atoms with Crippen LogP contribution in [0, 0.1) is 12.7 Å². The monoisotopic (exact) mass is 596 g/mol. The summed E-state index contributed by atoms with van der Waals surface area (Å²) in [6, 6.07) is 5.37. The highest BCUT2D eigenvalue weighted by atomic mass is 35.5. The third-order valence-corrected chi connectivity index (χ3v) is 8.20. The topological polar surface area (TPSA) is 64.5 Å². The number of hydrogen-bond donors (Lipinski definition) is 0. The fourth-order valence-electron chi connectivity index (χ4n) is 5.69. The molecule has 8 nitrogen and oxygen atoms in total. The third-order valence-electron chi connectivity index (χ3n) is 7.91. The molecule has 41 heavy (non-hydrogen) atoms. The predicted molar refractivity (Wildman–Crippen MR) is 149 cm³/mol. The van der Waals surface area contributed by atoms with E-state index in [0.29, 0.717) is 24.0 Å². The fourth-order valence-corrected chi connectivity index (χ4v) is 5.87. The second-order valence-corrected chi connectivity index (χ2v) is 11.1. The summed E-state index contributed by atoms with van der Waals surface area (Å²) in [4.78, 5) is 24.1. The number of aryl methyl sites for hydroxylation is 1. The molecule has 2 saturated heterocycles. The molecule has 3 aliphatic rings. The van der Waals surface area contributed by atoms with Crippen molar-refractivity contribution in [2.75, 3.05) is 62.9 Å². The Balaban J connectivity index is 1.36. The second kappa shape index (κ2) is 12.2. The molecule has 1 unspecified atom stereocenters. The number of likely N-dealkylation sites (tertiary alicyclic amines) is 1. The Morgan fingerprint density at radius 2 is 1.83 bits per heavy atom. The highest BCUT2D eigenvalue weighted by molar-refractivity contribution is 6.31. The molecule has 0 bridgehead atoms. The molecule has 222 valence electrons. The molecule has 0 N–H and O–H groups in total. The summed E-state index contributed by atoms with van der Waals surface area (Å²) in [6.45, 7) is 7.07. The van der Waals surface area contributed by atoms with E-state index >= 15 is 0 Å².